The van der Waals surface area contributed by atoms with Gasteiger partial charge in [-0.3, -0.25) is 14.8 Å². The molecule has 0 saturated carbocycles. The fraction of sp³-hybridized carbons (Fsp3) is 0.250. The molecule has 0 aliphatic carbocycles. The number of aryl methyl sites for hydroxylation is 2. The van der Waals surface area contributed by atoms with E-state index in [0.717, 1.165) is 48.0 Å². The summed E-state index contributed by atoms with van der Waals surface area (Å²) in [4.78, 5) is 24.9. The van der Waals surface area contributed by atoms with Gasteiger partial charge in [0.15, 0.2) is 0 Å². The number of likely N-dealkylation sites (tertiary alicyclic amines) is 1. The molecule has 1 atom stereocenters. The van der Waals surface area contributed by atoms with Gasteiger partial charge in [0.2, 0.25) is 0 Å². The molecule has 4 nitrogen and oxygen atoms in total. The summed E-state index contributed by atoms with van der Waals surface area (Å²) in [5, 5.41) is 1.94. The number of carbonyl (C=O) groups excluding carboxylic acids is 1. The predicted molar refractivity (Wildman–Crippen MR) is 128 cm³/mol. The van der Waals surface area contributed by atoms with Crippen LogP contribution < -0.4 is 0 Å². The summed E-state index contributed by atoms with van der Waals surface area (Å²) in [6.45, 7) is 4.89. The van der Waals surface area contributed by atoms with Gasteiger partial charge in [-0.05, 0) is 67.8 Å². The largest absolute Gasteiger partial charge is 0.329 e. The summed E-state index contributed by atoms with van der Waals surface area (Å²) in [5.74, 6) is -0.00663. The van der Waals surface area contributed by atoms with Crippen molar-refractivity contribution in [3.8, 4) is 0 Å². The molecule has 1 saturated heterocycles. The van der Waals surface area contributed by atoms with Crippen LogP contribution in [-0.2, 0) is 6.42 Å². The number of aromatic nitrogens is 2. The highest BCUT2D eigenvalue weighted by molar-refractivity contribution is 6.05. The van der Waals surface area contributed by atoms with Crippen LogP contribution in [0.2, 0.25) is 0 Å². The van der Waals surface area contributed by atoms with E-state index in [1.54, 1.807) is 6.20 Å². The molecule has 160 valence electrons. The van der Waals surface area contributed by atoms with Gasteiger partial charge in [-0.1, -0.05) is 54.1 Å². The molecule has 1 aliphatic heterocycles. The lowest BCUT2D eigenvalue weighted by Gasteiger charge is -2.25. The van der Waals surface area contributed by atoms with Crippen molar-refractivity contribution in [2.24, 2.45) is 0 Å². The minimum atomic E-state index is -0.0144. The van der Waals surface area contributed by atoms with Crippen LogP contribution in [0.3, 0.4) is 0 Å². The van der Waals surface area contributed by atoms with Crippen LogP contribution >= 0.6 is 0 Å². The van der Waals surface area contributed by atoms with E-state index in [1.165, 1.54) is 16.7 Å². The Bertz CT molecular complexity index is 1290. The SMILES string of the molecule is Cc1cccc(Cc2cc(C)nc([C@@H]3CCCN3C(=O)c3nccc4ccccc34)c2)c1. The van der Waals surface area contributed by atoms with E-state index in [-0.39, 0.29) is 11.9 Å². The monoisotopic (exact) mass is 421 g/mol. The van der Waals surface area contributed by atoms with Crippen LogP contribution in [0.5, 0.6) is 0 Å². The first-order valence-electron chi connectivity index (χ1n) is 11.3. The first-order chi connectivity index (χ1) is 15.6. The van der Waals surface area contributed by atoms with Crippen molar-refractivity contribution >= 4 is 16.7 Å². The fourth-order valence-corrected chi connectivity index (χ4v) is 4.84. The minimum Gasteiger partial charge on any atom is -0.329 e. The molecule has 3 heterocycles. The molecule has 0 unspecified atom stereocenters. The van der Waals surface area contributed by atoms with E-state index in [9.17, 15) is 4.79 Å². The van der Waals surface area contributed by atoms with Crippen molar-refractivity contribution in [3.63, 3.8) is 0 Å². The molecule has 0 bridgehead atoms. The Labute approximate surface area is 189 Å². The van der Waals surface area contributed by atoms with Gasteiger partial charge in [-0.25, -0.2) is 0 Å². The average Bonchev–Trinajstić information content (AvgIpc) is 3.28. The first-order valence-corrected chi connectivity index (χ1v) is 11.3. The Morgan fingerprint density at radius 3 is 2.75 bits per heavy atom. The summed E-state index contributed by atoms with van der Waals surface area (Å²) in [6.07, 6.45) is 4.50. The van der Waals surface area contributed by atoms with Gasteiger partial charge >= 0.3 is 0 Å². The van der Waals surface area contributed by atoms with Crippen molar-refractivity contribution < 1.29 is 4.79 Å². The Balaban J connectivity index is 1.46. The number of hydrogen-bond donors (Lipinski definition) is 0. The highest BCUT2D eigenvalue weighted by Crippen LogP contribution is 2.34. The Hall–Kier alpha value is -3.53. The molecular formula is C28H27N3O. The van der Waals surface area contributed by atoms with Crippen molar-refractivity contribution in [1.82, 2.24) is 14.9 Å². The highest BCUT2D eigenvalue weighted by Gasteiger charge is 2.33. The zero-order chi connectivity index (χ0) is 22.1. The number of nitrogens with zero attached hydrogens (tertiary/aromatic N) is 3. The number of hydrogen-bond acceptors (Lipinski definition) is 3. The molecule has 1 aliphatic rings. The number of amides is 1. The van der Waals surface area contributed by atoms with Crippen molar-refractivity contribution in [1.29, 1.82) is 0 Å². The second-order valence-corrected chi connectivity index (χ2v) is 8.74. The Morgan fingerprint density at radius 2 is 1.88 bits per heavy atom. The number of fused-ring (bicyclic) bond motifs is 1. The van der Waals surface area contributed by atoms with Gasteiger partial charge in [0.1, 0.15) is 5.69 Å². The zero-order valence-electron chi connectivity index (χ0n) is 18.6. The summed E-state index contributed by atoms with van der Waals surface area (Å²) in [7, 11) is 0. The van der Waals surface area contributed by atoms with Crippen molar-refractivity contribution in [2.75, 3.05) is 6.54 Å². The van der Waals surface area contributed by atoms with Gasteiger partial charge in [0, 0.05) is 23.8 Å². The van der Waals surface area contributed by atoms with Crippen LogP contribution in [0.15, 0.2) is 72.9 Å². The maximum atomic E-state index is 13.6. The third-order valence-electron chi connectivity index (χ3n) is 6.26. The Morgan fingerprint density at radius 1 is 1.00 bits per heavy atom. The molecule has 1 fully saturated rings. The maximum Gasteiger partial charge on any atom is 0.273 e. The lowest BCUT2D eigenvalue weighted by Crippen LogP contribution is -2.32. The predicted octanol–water partition coefficient (Wildman–Crippen LogP) is 5.81. The molecule has 0 spiro atoms. The molecule has 4 aromatic rings. The second-order valence-electron chi connectivity index (χ2n) is 8.74. The fourth-order valence-electron chi connectivity index (χ4n) is 4.84. The van der Waals surface area contributed by atoms with Crippen molar-refractivity contribution in [2.45, 2.75) is 39.2 Å². The molecule has 0 N–H and O–H groups in total. The number of carbonyl (C=O) groups is 1. The summed E-state index contributed by atoms with van der Waals surface area (Å²) in [6, 6.07) is 22.8. The topological polar surface area (TPSA) is 46.1 Å². The minimum absolute atomic E-state index is 0.00663. The van der Waals surface area contributed by atoms with Crippen LogP contribution in [-0.4, -0.2) is 27.3 Å². The third kappa shape index (κ3) is 4.01. The van der Waals surface area contributed by atoms with E-state index in [2.05, 4.69) is 48.3 Å². The molecule has 5 rings (SSSR count). The van der Waals surface area contributed by atoms with Crippen LogP contribution in [0.4, 0.5) is 0 Å². The highest BCUT2D eigenvalue weighted by atomic mass is 16.2. The molecule has 2 aromatic heterocycles. The summed E-state index contributed by atoms with van der Waals surface area (Å²) >= 11 is 0. The van der Waals surface area contributed by atoms with Gasteiger partial charge in [-0.15, -0.1) is 0 Å². The quantitative estimate of drug-likeness (QED) is 0.417. The lowest BCUT2D eigenvalue weighted by atomic mass is 10.0. The Kier molecular flexibility index (Phi) is 5.44. The van der Waals surface area contributed by atoms with Crippen LogP contribution in [0.25, 0.3) is 10.8 Å². The molecule has 4 heteroatoms. The molecule has 32 heavy (non-hydrogen) atoms. The first kappa shape index (κ1) is 20.4. The second kappa shape index (κ2) is 8.54. The average molecular weight is 422 g/mol. The zero-order valence-corrected chi connectivity index (χ0v) is 18.6. The number of benzene rings is 2. The molecule has 0 radical (unpaired) electrons. The standard InChI is InChI=1S/C28H27N3O/c1-19-7-5-8-21(15-19)17-22-16-20(2)30-25(18-22)26-11-6-14-31(26)28(32)27-24-10-4-3-9-23(24)12-13-29-27/h3-5,7-10,12-13,15-16,18,26H,6,11,14,17H2,1-2H3/t26-/m0/s1. The summed E-state index contributed by atoms with van der Waals surface area (Å²) < 4.78 is 0. The van der Waals surface area contributed by atoms with Crippen LogP contribution in [0.1, 0.15) is 57.5 Å². The van der Waals surface area contributed by atoms with Gasteiger partial charge in [-0.2, -0.15) is 0 Å². The smallest absolute Gasteiger partial charge is 0.273 e. The van der Waals surface area contributed by atoms with E-state index in [4.69, 9.17) is 4.98 Å². The van der Waals surface area contributed by atoms with Crippen LogP contribution in [0, 0.1) is 13.8 Å². The molecule has 1 amide bonds. The van der Waals surface area contributed by atoms with E-state index in [0.29, 0.717) is 5.69 Å². The van der Waals surface area contributed by atoms with Gasteiger partial charge in [0.25, 0.3) is 5.91 Å². The normalized spacial score (nSPS) is 15.9. The molecular weight excluding hydrogens is 394 g/mol. The van der Waals surface area contributed by atoms with Crippen molar-refractivity contribution in [3.05, 3.63) is 107 Å². The number of rotatable bonds is 4. The maximum absolute atomic E-state index is 13.6. The van der Waals surface area contributed by atoms with Gasteiger partial charge < -0.3 is 4.90 Å². The number of pyridine rings is 2. The van der Waals surface area contributed by atoms with E-state index >= 15 is 0 Å². The van der Waals surface area contributed by atoms with Gasteiger partial charge in [0.05, 0.1) is 11.7 Å². The van der Waals surface area contributed by atoms with E-state index < -0.39 is 0 Å². The molecule has 2 aromatic carbocycles. The van der Waals surface area contributed by atoms with E-state index in [1.807, 2.05) is 42.2 Å². The summed E-state index contributed by atoms with van der Waals surface area (Å²) in [5.41, 5.74) is 6.30. The third-order valence-corrected chi connectivity index (χ3v) is 6.26. The lowest BCUT2D eigenvalue weighted by molar-refractivity contribution is 0.0729.